The summed E-state index contributed by atoms with van der Waals surface area (Å²) in [6.07, 6.45) is -3.82. The smallest absolute Gasteiger partial charge is 0.378 e. The maximum Gasteiger partial charge on any atom is 0.416 e. The van der Waals surface area contributed by atoms with Gasteiger partial charge in [0.05, 0.1) is 10.5 Å². The van der Waals surface area contributed by atoms with Crippen molar-refractivity contribution in [2.45, 2.75) is 19.0 Å². The van der Waals surface area contributed by atoms with E-state index in [2.05, 4.69) is 16.0 Å². The Balaban J connectivity index is 1.58. The number of rotatable bonds is 6. The van der Waals surface area contributed by atoms with Gasteiger partial charge in [0.15, 0.2) is 0 Å². The number of fused-ring (bicyclic) bond motifs is 1. The van der Waals surface area contributed by atoms with Crippen LogP contribution in [0, 0.1) is 10.1 Å². The minimum absolute atomic E-state index is 0.0684. The van der Waals surface area contributed by atoms with Gasteiger partial charge in [-0.15, -0.1) is 0 Å². The number of nitro benzene ring substituents is 1. The predicted molar refractivity (Wildman–Crippen MR) is 102 cm³/mol. The topological polar surface area (TPSA) is 113 Å². The van der Waals surface area contributed by atoms with Crippen LogP contribution < -0.4 is 16.0 Å². The lowest BCUT2D eigenvalue weighted by Gasteiger charge is -2.17. The van der Waals surface area contributed by atoms with E-state index in [1.54, 1.807) is 18.2 Å². The van der Waals surface area contributed by atoms with Crippen LogP contribution in [0.1, 0.15) is 27.9 Å². The average molecular weight is 422 g/mol. The first-order valence-corrected chi connectivity index (χ1v) is 8.95. The van der Waals surface area contributed by atoms with Crippen molar-refractivity contribution in [3.8, 4) is 0 Å². The van der Waals surface area contributed by atoms with Crippen molar-refractivity contribution in [1.29, 1.82) is 0 Å². The van der Waals surface area contributed by atoms with Crippen molar-refractivity contribution in [3.05, 3.63) is 63.2 Å². The SMILES string of the molecule is O=C1CCc2cc(C(=O)NCCNc3ccc(C(F)(F)F)cc3[N+](=O)[O-])ccc2N1. The summed E-state index contributed by atoms with van der Waals surface area (Å²) < 4.78 is 38.2. The van der Waals surface area contributed by atoms with Crippen LogP contribution in [-0.4, -0.2) is 29.8 Å². The zero-order valence-electron chi connectivity index (χ0n) is 15.5. The van der Waals surface area contributed by atoms with Crippen LogP contribution in [0.2, 0.25) is 0 Å². The minimum Gasteiger partial charge on any atom is -0.378 e. The van der Waals surface area contributed by atoms with Crippen LogP contribution in [0.25, 0.3) is 0 Å². The summed E-state index contributed by atoms with van der Waals surface area (Å²) in [4.78, 5) is 33.8. The van der Waals surface area contributed by atoms with Crippen molar-refractivity contribution in [1.82, 2.24) is 5.32 Å². The van der Waals surface area contributed by atoms with E-state index < -0.39 is 22.4 Å². The molecule has 8 nitrogen and oxygen atoms in total. The molecule has 11 heteroatoms. The van der Waals surface area contributed by atoms with Gasteiger partial charge in [0.25, 0.3) is 11.6 Å². The van der Waals surface area contributed by atoms with Crippen molar-refractivity contribution in [3.63, 3.8) is 0 Å². The predicted octanol–water partition coefficient (Wildman–Crippen LogP) is 3.34. The molecule has 1 aliphatic rings. The molecule has 0 aromatic heterocycles. The molecule has 2 amide bonds. The van der Waals surface area contributed by atoms with Crippen LogP contribution in [0.3, 0.4) is 0 Å². The van der Waals surface area contributed by atoms with Crippen molar-refractivity contribution in [2.75, 3.05) is 23.7 Å². The number of anilines is 2. The summed E-state index contributed by atoms with van der Waals surface area (Å²) in [5.41, 5.74) is 0.0153. The van der Waals surface area contributed by atoms with Gasteiger partial charge < -0.3 is 16.0 Å². The van der Waals surface area contributed by atoms with Gasteiger partial charge in [-0.25, -0.2) is 0 Å². The summed E-state index contributed by atoms with van der Waals surface area (Å²) in [5.74, 6) is -0.457. The number of nitrogens with one attached hydrogen (secondary N) is 3. The lowest BCUT2D eigenvalue weighted by molar-refractivity contribution is -0.384. The highest BCUT2D eigenvalue weighted by atomic mass is 19.4. The first-order valence-electron chi connectivity index (χ1n) is 8.95. The Labute approximate surface area is 168 Å². The number of halogens is 3. The monoisotopic (exact) mass is 422 g/mol. The van der Waals surface area contributed by atoms with Gasteiger partial charge in [0.2, 0.25) is 5.91 Å². The molecule has 0 fully saturated rings. The second-order valence-electron chi connectivity index (χ2n) is 6.59. The highest BCUT2D eigenvalue weighted by molar-refractivity contribution is 5.97. The fourth-order valence-electron chi connectivity index (χ4n) is 3.01. The third-order valence-electron chi connectivity index (χ3n) is 4.51. The quantitative estimate of drug-likeness (QED) is 0.375. The van der Waals surface area contributed by atoms with Gasteiger partial charge in [-0.3, -0.25) is 19.7 Å². The number of nitro groups is 1. The molecule has 0 unspecified atom stereocenters. The molecule has 158 valence electrons. The van der Waals surface area contributed by atoms with Gasteiger partial charge in [-0.1, -0.05) is 0 Å². The normalized spacial score (nSPS) is 13.2. The molecule has 1 heterocycles. The Kier molecular flexibility index (Phi) is 5.90. The number of benzene rings is 2. The van der Waals surface area contributed by atoms with Gasteiger partial charge in [-0.2, -0.15) is 13.2 Å². The number of hydrogen-bond donors (Lipinski definition) is 3. The maximum atomic E-state index is 12.7. The van der Waals surface area contributed by atoms with Gasteiger partial charge in [0.1, 0.15) is 5.69 Å². The molecular formula is C19H17F3N4O4. The average Bonchev–Trinajstić information content (AvgIpc) is 2.69. The zero-order chi connectivity index (χ0) is 21.9. The summed E-state index contributed by atoms with van der Waals surface area (Å²) in [6, 6.07) is 7.09. The first-order chi connectivity index (χ1) is 14.1. The lowest BCUT2D eigenvalue weighted by atomic mass is 10.00. The molecule has 0 bridgehead atoms. The molecule has 0 radical (unpaired) electrons. The molecule has 0 atom stereocenters. The Morgan fingerprint density at radius 1 is 1.13 bits per heavy atom. The van der Waals surface area contributed by atoms with Gasteiger partial charge in [0, 0.05) is 36.8 Å². The van der Waals surface area contributed by atoms with Gasteiger partial charge >= 0.3 is 6.18 Å². The van der Waals surface area contributed by atoms with E-state index in [0.717, 1.165) is 17.7 Å². The third kappa shape index (κ3) is 4.85. The number of nitrogens with zero attached hydrogens (tertiary/aromatic N) is 1. The van der Waals surface area contributed by atoms with E-state index in [0.29, 0.717) is 30.2 Å². The van der Waals surface area contributed by atoms with Gasteiger partial charge in [-0.05, 0) is 42.3 Å². The van der Waals surface area contributed by atoms with Crippen molar-refractivity contribution < 1.29 is 27.7 Å². The molecule has 0 spiro atoms. The van der Waals surface area contributed by atoms with Crippen LogP contribution in [-0.2, 0) is 17.4 Å². The molecule has 2 aromatic rings. The minimum atomic E-state index is -4.69. The second-order valence-corrected chi connectivity index (χ2v) is 6.59. The summed E-state index contributed by atoms with van der Waals surface area (Å²) in [6.45, 7) is 0.157. The molecule has 2 aromatic carbocycles. The number of aryl methyl sites for hydroxylation is 1. The fraction of sp³-hybridized carbons (Fsp3) is 0.263. The molecule has 0 saturated heterocycles. The molecule has 30 heavy (non-hydrogen) atoms. The number of hydrogen-bond acceptors (Lipinski definition) is 5. The second kappa shape index (κ2) is 8.39. The van der Waals surface area contributed by atoms with Crippen LogP contribution >= 0.6 is 0 Å². The van der Waals surface area contributed by atoms with Crippen LogP contribution in [0.4, 0.5) is 30.2 Å². The van der Waals surface area contributed by atoms with E-state index in [1.807, 2.05) is 0 Å². The third-order valence-corrected chi connectivity index (χ3v) is 4.51. The van der Waals surface area contributed by atoms with E-state index in [-0.39, 0.29) is 30.6 Å². The molecule has 3 N–H and O–H groups in total. The van der Waals surface area contributed by atoms with Crippen LogP contribution in [0.15, 0.2) is 36.4 Å². The Morgan fingerprint density at radius 2 is 1.90 bits per heavy atom. The molecule has 0 saturated carbocycles. The molecule has 0 aliphatic carbocycles. The van der Waals surface area contributed by atoms with Crippen molar-refractivity contribution >= 4 is 28.9 Å². The van der Waals surface area contributed by atoms with E-state index in [4.69, 9.17) is 0 Å². The highest BCUT2D eigenvalue weighted by Crippen LogP contribution is 2.34. The molecular weight excluding hydrogens is 405 g/mol. The number of amides is 2. The van der Waals surface area contributed by atoms with E-state index in [9.17, 15) is 32.9 Å². The standard InChI is InChI=1S/C19H17F3N4O4/c20-19(21,22)13-3-5-15(16(10-13)26(29)30)23-7-8-24-18(28)12-1-4-14-11(9-12)2-6-17(27)25-14/h1,3-5,9-10,23H,2,6-8H2,(H,24,28)(H,25,27). The summed E-state index contributed by atoms with van der Waals surface area (Å²) in [7, 11) is 0. The highest BCUT2D eigenvalue weighted by Gasteiger charge is 2.33. The van der Waals surface area contributed by atoms with Crippen molar-refractivity contribution in [2.24, 2.45) is 0 Å². The first kappa shape index (κ1) is 21.1. The largest absolute Gasteiger partial charge is 0.416 e. The maximum absolute atomic E-state index is 12.7. The van der Waals surface area contributed by atoms with E-state index in [1.165, 1.54) is 0 Å². The Morgan fingerprint density at radius 3 is 2.60 bits per heavy atom. The Hall–Kier alpha value is -3.63. The number of carbonyl (C=O) groups is 2. The molecule has 1 aliphatic heterocycles. The zero-order valence-corrected chi connectivity index (χ0v) is 15.5. The Bertz CT molecular complexity index is 1010. The number of alkyl halides is 3. The summed E-state index contributed by atoms with van der Waals surface area (Å²) in [5, 5.41) is 19.1. The fourth-order valence-corrected chi connectivity index (χ4v) is 3.01. The van der Waals surface area contributed by atoms with Crippen LogP contribution in [0.5, 0.6) is 0 Å². The lowest BCUT2D eigenvalue weighted by Crippen LogP contribution is -2.29. The van der Waals surface area contributed by atoms with E-state index >= 15 is 0 Å². The summed E-state index contributed by atoms with van der Waals surface area (Å²) >= 11 is 0. The molecule has 3 rings (SSSR count). The number of carbonyl (C=O) groups excluding carboxylic acids is 2.